The molecule has 0 aliphatic carbocycles. The summed E-state index contributed by atoms with van der Waals surface area (Å²) in [6.07, 6.45) is 1.27. The Morgan fingerprint density at radius 3 is 2.80 bits per heavy atom. The molecule has 0 amide bonds. The minimum Gasteiger partial charge on any atom is -0.460 e. The van der Waals surface area contributed by atoms with E-state index in [4.69, 9.17) is 8.83 Å². The zero-order chi connectivity index (χ0) is 10.4. The Morgan fingerprint density at radius 1 is 1.07 bits per heavy atom. The monoisotopic (exact) mass is 203 g/mol. The summed E-state index contributed by atoms with van der Waals surface area (Å²) in [7, 11) is 0. The molecule has 0 unspecified atom stereocenters. The van der Waals surface area contributed by atoms with Crippen molar-refractivity contribution in [3.8, 4) is 0 Å². The van der Waals surface area contributed by atoms with Gasteiger partial charge in [-0.15, -0.1) is 0 Å². The van der Waals surface area contributed by atoms with Crippen LogP contribution in [0.4, 0.5) is 0 Å². The van der Waals surface area contributed by atoms with Gasteiger partial charge in [0.2, 0.25) is 0 Å². The molecule has 5 heteroatoms. The Labute approximate surface area is 81.9 Å². The van der Waals surface area contributed by atoms with Crippen LogP contribution in [0.3, 0.4) is 0 Å². The standard InChI is InChI=1S/C10H5NO4/c12-7-3-4-14-8-5(7)1-2-6-9(8)15-10(13)11-6/h1-4H,(H,11,13). The van der Waals surface area contributed by atoms with Crippen molar-refractivity contribution >= 4 is 22.1 Å². The maximum atomic E-state index is 11.4. The van der Waals surface area contributed by atoms with E-state index in [1.165, 1.54) is 12.3 Å². The predicted molar refractivity (Wildman–Crippen MR) is 52.9 cm³/mol. The summed E-state index contributed by atoms with van der Waals surface area (Å²) in [5.41, 5.74) is 0.914. The van der Waals surface area contributed by atoms with Crippen molar-refractivity contribution in [2.45, 2.75) is 0 Å². The molecule has 2 aromatic heterocycles. The van der Waals surface area contributed by atoms with Crippen LogP contribution < -0.4 is 11.2 Å². The second kappa shape index (κ2) is 2.60. The van der Waals surface area contributed by atoms with Crippen LogP contribution in [0, 0.1) is 0 Å². The van der Waals surface area contributed by atoms with Crippen molar-refractivity contribution < 1.29 is 8.83 Å². The van der Waals surface area contributed by atoms with Gasteiger partial charge in [0.1, 0.15) is 0 Å². The van der Waals surface area contributed by atoms with Gasteiger partial charge < -0.3 is 8.83 Å². The van der Waals surface area contributed by atoms with Gasteiger partial charge in [0.15, 0.2) is 16.6 Å². The van der Waals surface area contributed by atoms with Gasteiger partial charge in [-0.25, -0.2) is 4.79 Å². The van der Waals surface area contributed by atoms with Gasteiger partial charge in [0, 0.05) is 6.07 Å². The fourth-order valence-corrected chi connectivity index (χ4v) is 1.56. The number of oxazole rings is 1. The number of aromatic amines is 1. The van der Waals surface area contributed by atoms with E-state index in [1.807, 2.05) is 0 Å². The molecule has 74 valence electrons. The van der Waals surface area contributed by atoms with E-state index in [-0.39, 0.29) is 11.0 Å². The van der Waals surface area contributed by atoms with Gasteiger partial charge in [-0.05, 0) is 12.1 Å². The smallest absolute Gasteiger partial charge is 0.417 e. The summed E-state index contributed by atoms with van der Waals surface area (Å²) in [4.78, 5) is 24.9. The third kappa shape index (κ3) is 1.03. The van der Waals surface area contributed by atoms with Crippen LogP contribution in [-0.2, 0) is 0 Å². The number of fused-ring (bicyclic) bond motifs is 3. The molecule has 0 fully saturated rings. The summed E-state index contributed by atoms with van der Waals surface area (Å²) in [5.74, 6) is -0.566. The summed E-state index contributed by atoms with van der Waals surface area (Å²) < 4.78 is 10.1. The van der Waals surface area contributed by atoms with E-state index in [1.54, 1.807) is 12.1 Å². The zero-order valence-corrected chi connectivity index (χ0v) is 7.44. The summed E-state index contributed by atoms with van der Waals surface area (Å²) >= 11 is 0. The first-order valence-corrected chi connectivity index (χ1v) is 4.29. The lowest BCUT2D eigenvalue weighted by atomic mass is 10.2. The SMILES string of the molecule is O=c1[nH]c2ccc3c(=O)ccoc3c2o1. The molecule has 0 bridgehead atoms. The number of rotatable bonds is 0. The highest BCUT2D eigenvalue weighted by Gasteiger charge is 2.09. The number of hydrogen-bond donors (Lipinski definition) is 1. The Hall–Kier alpha value is -2.30. The number of aromatic nitrogens is 1. The average molecular weight is 203 g/mol. The molecule has 3 aromatic rings. The number of H-pyrrole nitrogens is 1. The molecule has 0 aliphatic heterocycles. The molecule has 2 heterocycles. The molecule has 5 nitrogen and oxygen atoms in total. The van der Waals surface area contributed by atoms with Gasteiger partial charge in [-0.1, -0.05) is 0 Å². The van der Waals surface area contributed by atoms with E-state index in [2.05, 4.69) is 4.98 Å². The van der Waals surface area contributed by atoms with Gasteiger partial charge in [-0.3, -0.25) is 9.78 Å². The minimum atomic E-state index is -0.566. The molecule has 0 saturated heterocycles. The molecule has 15 heavy (non-hydrogen) atoms. The summed E-state index contributed by atoms with van der Waals surface area (Å²) in [6.45, 7) is 0. The summed E-state index contributed by atoms with van der Waals surface area (Å²) in [5, 5.41) is 0.396. The van der Waals surface area contributed by atoms with E-state index in [0.717, 1.165) is 0 Å². The molecule has 0 spiro atoms. The Kier molecular flexibility index (Phi) is 1.39. The molecular formula is C10H5NO4. The van der Waals surface area contributed by atoms with Crippen molar-refractivity contribution in [3.63, 3.8) is 0 Å². The molecular weight excluding hydrogens is 198 g/mol. The van der Waals surface area contributed by atoms with Gasteiger partial charge in [0.05, 0.1) is 17.2 Å². The third-order valence-corrected chi connectivity index (χ3v) is 2.21. The Morgan fingerprint density at radius 2 is 1.93 bits per heavy atom. The molecule has 0 saturated carbocycles. The van der Waals surface area contributed by atoms with Crippen molar-refractivity contribution in [2.24, 2.45) is 0 Å². The van der Waals surface area contributed by atoms with Crippen LogP contribution in [0.5, 0.6) is 0 Å². The maximum absolute atomic E-state index is 11.4. The van der Waals surface area contributed by atoms with Gasteiger partial charge in [-0.2, -0.15) is 0 Å². The van der Waals surface area contributed by atoms with Gasteiger partial charge in [0.25, 0.3) is 0 Å². The lowest BCUT2D eigenvalue weighted by Crippen LogP contribution is -1.97. The zero-order valence-electron chi connectivity index (χ0n) is 7.44. The van der Waals surface area contributed by atoms with Crippen LogP contribution in [-0.4, -0.2) is 4.98 Å². The molecule has 3 rings (SSSR count). The van der Waals surface area contributed by atoms with Crippen LogP contribution in [0.15, 0.2) is 42.9 Å². The Bertz CT molecular complexity index is 762. The highest BCUT2D eigenvalue weighted by molar-refractivity contribution is 5.98. The third-order valence-electron chi connectivity index (χ3n) is 2.21. The second-order valence-electron chi connectivity index (χ2n) is 3.12. The molecule has 1 N–H and O–H groups in total. The Balaban J connectivity index is 2.71. The quantitative estimate of drug-likeness (QED) is 0.596. The molecule has 1 aromatic carbocycles. The van der Waals surface area contributed by atoms with Crippen LogP contribution in [0.1, 0.15) is 0 Å². The van der Waals surface area contributed by atoms with Crippen LogP contribution in [0.2, 0.25) is 0 Å². The minimum absolute atomic E-state index is 0.165. The van der Waals surface area contributed by atoms with E-state index in [0.29, 0.717) is 16.5 Å². The molecule has 0 aliphatic rings. The van der Waals surface area contributed by atoms with E-state index >= 15 is 0 Å². The normalized spacial score (nSPS) is 11.2. The fraction of sp³-hybridized carbons (Fsp3) is 0. The number of nitrogens with one attached hydrogen (secondary N) is 1. The predicted octanol–water partition coefficient (Wildman–Crippen LogP) is 1.23. The number of benzene rings is 1. The average Bonchev–Trinajstić information content (AvgIpc) is 2.59. The van der Waals surface area contributed by atoms with E-state index < -0.39 is 5.76 Å². The first-order chi connectivity index (χ1) is 7.25. The number of hydrogen-bond acceptors (Lipinski definition) is 4. The topological polar surface area (TPSA) is 76.2 Å². The fourth-order valence-electron chi connectivity index (χ4n) is 1.56. The first kappa shape index (κ1) is 8.05. The van der Waals surface area contributed by atoms with Crippen LogP contribution >= 0.6 is 0 Å². The lowest BCUT2D eigenvalue weighted by Gasteiger charge is -1.94. The molecule has 0 radical (unpaired) electrons. The summed E-state index contributed by atoms with van der Waals surface area (Å²) in [6, 6.07) is 4.52. The van der Waals surface area contributed by atoms with Crippen molar-refractivity contribution in [3.05, 3.63) is 45.2 Å². The van der Waals surface area contributed by atoms with Gasteiger partial charge >= 0.3 is 5.76 Å². The van der Waals surface area contributed by atoms with Crippen LogP contribution in [0.25, 0.3) is 22.1 Å². The second-order valence-corrected chi connectivity index (χ2v) is 3.12. The first-order valence-electron chi connectivity index (χ1n) is 4.29. The van der Waals surface area contributed by atoms with E-state index in [9.17, 15) is 9.59 Å². The van der Waals surface area contributed by atoms with Crippen molar-refractivity contribution in [1.82, 2.24) is 4.98 Å². The van der Waals surface area contributed by atoms with Crippen molar-refractivity contribution in [2.75, 3.05) is 0 Å². The molecule has 0 atom stereocenters. The largest absolute Gasteiger partial charge is 0.460 e. The van der Waals surface area contributed by atoms with Crippen molar-refractivity contribution in [1.29, 1.82) is 0 Å². The highest BCUT2D eigenvalue weighted by atomic mass is 16.4. The maximum Gasteiger partial charge on any atom is 0.417 e. The lowest BCUT2D eigenvalue weighted by molar-refractivity contribution is 0.540. The highest BCUT2D eigenvalue weighted by Crippen LogP contribution is 2.20.